The zero-order chi connectivity index (χ0) is 13.5. The number of hydrogen-bond acceptors (Lipinski definition) is 3. The highest BCUT2D eigenvalue weighted by atomic mass is 19.1. The lowest BCUT2D eigenvalue weighted by molar-refractivity contribution is -0.137. The molecule has 1 N–H and O–H groups in total. The Bertz CT molecular complexity index is 418. The third-order valence-corrected chi connectivity index (χ3v) is 2.60. The summed E-state index contributed by atoms with van der Waals surface area (Å²) < 4.78 is 23.5. The maximum atomic E-state index is 13.3. The van der Waals surface area contributed by atoms with E-state index in [1.165, 1.54) is 26.4 Å². The molecule has 5 heteroatoms. The Morgan fingerprint density at radius 2 is 2.11 bits per heavy atom. The summed E-state index contributed by atoms with van der Waals surface area (Å²) in [4.78, 5) is 10.5. The largest absolute Gasteiger partial charge is 0.496 e. The van der Waals surface area contributed by atoms with E-state index in [9.17, 15) is 9.18 Å². The van der Waals surface area contributed by atoms with Crippen molar-refractivity contribution in [2.24, 2.45) is 0 Å². The number of ether oxygens (including phenoxy) is 2. The lowest BCUT2D eigenvalue weighted by Gasteiger charge is -2.13. The molecule has 0 aliphatic heterocycles. The SMILES string of the molecule is COCc1cc(F)cc(OC)c1CCCC(=O)O. The van der Waals surface area contributed by atoms with Gasteiger partial charge in [0, 0.05) is 19.6 Å². The number of methoxy groups -OCH3 is 2. The molecule has 0 spiro atoms. The average Bonchev–Trinajstić information content (AvgIpc) is 2.31. The highest BCUT2D eigenvalue weighted by molar-refractivity contribution is 5.66. The van der Waals surface area contributed by atoms with Gasteiger partial charge in [0.25, 0.3) is 0 Å². The van der Waals surface area contributed by atoms with Crippen molar-refractivity contribution in [1.29, 1.82) is 0 Å². The summed E-state index contributed by atoms with van der Waals surface area (Å²) in [6.45, 7) is 0.274. The fraction of sp³-hybridized carbons (Fsp3) is 0.462. The lowest BCUT2D eigenvalue weighted by Crippen LogP contribution is -2.03. The summed E-state index contributed by atoms with van der Waals surface area (Å²) in [5.74, 6) is -0.794. The standard InChI is InChI=1S/C13H17FO4/c1-17-8-9-6-10(14)7-12(18-2)11(9)4-3-5-13(15)16/h6-7H,3-5,8H2,1-2H3,(H,15,16). The van der Waals surface area contributed by atoms with E-state index < -0.39 is 5.97 Å². The van der Waals surface area contributed by atoms with E-state index in [0.29, 0.717) is 24.2 Å². The van der Waals surface area contributed by atoms with Gasteiger partial charge in [-0.15, -0.1) is 0 Å². The first-order valence-corrected chi connectivity index (χ1v) is 5.64. The zero-order valence-electron chi connectivity index (χ0n) is 10.5. The second-order valence-electron chi connectivity index (χ2n) is 3.93. The van der Waals surface area contributed by atoms with E-state index in [0.717, 1.165) is 5.56 Å². The molecule has 4 nitrogen and oxygen atoms in total. The van der Waals surface area contributed by atoms with Crippen LogP contribution < -0.4 is 4.74 Å². The van der Waals surface area contributed by atoms with Crippen LogP contribution in [0.1, 0.15) is 24.0 Å². The molecule has 0 atom stereocenters. The molecule has 0 radical (unpaired) electrons. The molecule has 1 aromatic rings. The van der Waals surface area contributed by atoms with Crippen molar-refractivity contribution in [3.63, 3.8) is 0 Å². The quantitative estimate of drug-likeness (QED) is 0.813. The monoisotopic (exact) mass is 256 g/mol. The van der Waals surface area contributed by atoms with Crippen LogP contribution >= 0.6 is 0 Å². The van der Waals surface area contributed by atoms with E-state index in [2.05, 4.69) is 0 Å². The van der Waals surface area contributed by atoms with Crippen LogP contribution in [-0.4, -0.2) is 25.3 Å². The smallest absolute Gasteiger partial charge is 0.303 e. The normalized spacial score (nSPS) is 10.4. The second-order valence-corrected chi connectivity index (χ2v) is 3.93. The van der Waals surface area contributed by atoms with Gasteiger partial charge in [-0.2, -0.15) is 0 Å². The average molecular weight is 256 g/mol. The van der Waals surface area contributed by atoms with E-state index in [4.69, 9.17) is 14.6 Å². The molecule has 0 aliphatic carbocycles. The van der Waals surface area contributed by atoms with Crippen LogP contribution in [0, 0.1) is 5.82 Å². The molecule has 1 aromatic carbocycles. The van der Waals surface area contributed by atoms with Gasteiger partial charge in [0.1, 0.15) is 11.6 Å². The molecule has 0 amide bonds. The molecule has 0 bridgehead atoms. The summed E-state index contributed by atoms with van der Waals surface area (Å²) in [7, 11) is 2.99. The third-order valence-electron chi connectivity index (χ3n) is 2.60. The minimum absolute atomic E-state index is 0.0763. The number of halogens is 1. The minimum Gasteiger partial charge on any atom is -0.496 e. The predicted octanol–water partition coefficient (Wildman–Crippen LogP) is 2.39. The van der Waals surface area contributed by atoms with Gasteiger partial charge in [0.2, 0.25) is 0 Å². The molecule has 0 fully saturated rings. The topological polar surface area (TPSA) is 55.8 Å². The Morgan fingerprint density at radius 3 is 2.67 bits per heavy atom. The van der Waals surface area contributed by atoms with Gasteiger partial charge in [0.05, 0.1) is 13.7 Å². The van der Waals surface area contributed by atoms with Crippen LogP contribution in [-0.2, 0) is 22.6 Å². The first-order chi connectivity index (χ1) is 8.58. The van der Waals surface area contributed by atoms with Crippen LogP contribution in [0.4, 0.5) is 4.39 Å². The molecule has 0 saturated carbocycles. The highest BCUT2D eigenvalue weighted by Crippen LogP contribution is 2.26. The van der Waals surface area contributed by atoms with Crippen molar-refractivity contribution in [3.8, 4) is 5.75 Å². The molecule has 0 aliphatic rings. The maximum Gasteiger partial charge on any atom is 0.303 e. The Hall–Kier alpha value is -1.62. The van der Waals surface area contributed by atoms with Crippen molar-refractivity contribution in [3.05, 3.63) is 29.1 Å². The van der Waals surface area contributed by atoms with Crippen molar-refractivity contribution >= 4 is 5.97 Å². The molecule has 100 valence electrons. The van der Waals surface area contributed by atoms with Gasteiger partial charge >= 0.3 is 5.97 Å². The molecular formula is C13H17FO4. The first-order valence-electron chi connectivity index (χ1n) is 5.64. The summed E-state index contributed by atoms with van der Waals surface area (Å²) in [6.07, 6.45) is 1.08. The fourth-order valence-corrected chi connectivity index (χ4v) is 1.83. The number of aliphatic carboxylic acids is 1. The van der Waals surface area contributed by atoms with E-state index in [-0.39, 0.29) is 18.8 Å². The number of carbonyl (C=O) groups is 1. The minimum atomic E-state index is -0.843. The molecule has 0 saturated heterocycles. The number of hydrogen-bond donors (Lipinski definition) is 1. The Balaban J connectivity index is 2.93. The molecule has 1 rings (SSSR count). The first kappa shape index (κ1) is 14.4. The summed E-state index contributed by atoms with van der Waals surface area (Å²) >= 11 is 0. The van der Waals surface area contributed by atoms with Gasteiger partial charge in [-0.25, -0.2) is 4.39 Å². The maximum absolute atomic E-state index is 13.3. The molecular weight excluding hydrogens is 239 g/mol. The summed E-state index contributed by atoms with van der Waals surface area (Å²) in [5.41, 5.74) is 1.50. The molecule has 0 heterocycles. The molecule has 0 unspecified atom stereocenters. The van der Waals surface area contributed by atoms with Gasteiger partial charge in [-0.3, -0.25) is 4.79 Å². The predicted molar refractivity (Wildman–Crippen MR) is 64.2 cm³/mol. The highest BCUT2D eigenvalue weighted by Gasteiger charge is 2.12. The number of benzene rings is 1. The van der Waals surface area contributed by atoms with Gasteiger partial charge in [-0.1, -0.05) is 0 Å². The zero-order valence-corrected chi connectivity index (χ0v) is 10.5. The van der Waals surface area contributed by atoms with Crippen molar-refractivity contribution in [2.75, 3.05) is 14.2 Å². The van der Waals surface area contributed by atoms with E-state index in [1.54, 1.807) is 0 Å². The van der Waals surface area contributed by atoms with E-state index >= 15 is 0 Å². The van der Waals surface area contributed by atoms with Crippen LogP contribution in [0.15, 0.2) is 12.1 Å². The lowest BCUT2D eigenvalue weighted by atomic mass is 10.0. The van der Waals surface area contributed by atoms with E-state index in [1.807, 2.05) is 0 Å². The van der Waals surface area contributed by atoms with Crippen LogP contribution in [0.2, 0.25) is 0 Å². The third kappa shape index (κ3) is 4.00. The van der Waals surface area contributed by atoms with Gasteiger partial charge in [0.15, 0.2) is 0 Å². The van der Waals surface area contributed by atoms with Crippen molar-refractivity contribution in [2.45, 2.75) is 25.9 Å². The van der Waals surface area contributed by atoms with Gasteiger partial charge < -0.3 is 14.6 Å². The Labute approximate surface area is 105 Å². The molecule has 0 aromatic heterocycles. The fourth-order valence-electron chi connectivity index (χ4n) is 1.83. The van der Waals surface area contributed by atoms with Crippen molar-refractivity contribution < 1.29 is 23.8 Å². The van der Waals surface area contributed by atoms with Crippen LogP contribution in [0.3, 0.4) is 0 Å². The van der Waals surface area contributed by atoms with Gasteiger partial charge in [-0.05, 0) is 30.0 Å². The number of carboxylic acids is 1. The Morgan fingerprint density at radius 1 is 1.39 bits per heavy atom. The summed E-state index contributed by atoms with van der Waals surface area (Å²) in [6, 6.07) is 2.69. The number of rotatable bonds is 7. The van der Waals surface area contributed by atoms with Crippen LogP contribution in [0.5, 0.6) is 5.75 Å². The number of carboxylic acid groups (broad SMARTS) is 1. The summed E-state index contributed by atoms with van der Waals surface area (Å²) in [5, 5.41) is 8.62. The van der Waals surface area contributed by atoms with Crippen LogP contribution in [0.25, 0.3) is 0 Å². The van der Waals surface area contributed by atoms with Crippen molar-refractivity contribution in [1.82, 2.24) is 0 Å². The second kappa shape index (κ2) is 6.96. The Kier molecular flexibility index (Phi) is 5.58. The molecule has 18 heavy (non-hydrogen) atoms.